The summed E-state index contributed by atoms with van der Waals surface area (Å²) in [6.45, 7) is 3.95. The van der Waals surface area contributed by atoms with Crippen LogP contribution in [0.1, 0.15) is 13.8 Å². The fourth-order valence-corrected chi connectivity index (χ4v) is 2.31. The lowest BCUT2D eigenvalue weighted by atomic mass is 10.1. The molecular formula is C17H21NO6. The van der Waals surface area contributed by atoms with E-state index in [-0.39, 0.29) is 37.8 Å². The van der Waals surface area contributed by atoms with Gasteiger partial charge in [0, 0.05) is 5.69 Å². The smallest absolute Gasteiger partial charge is 0.355 e. The quantitative estimate of drug-likeness (QED) is 0.735. The second-order valence-corrected chi connectivity index (χ2v) is 4.87. The molecule has 0 aromatic heterocycles. The summed E-state index contributed by atoms with van der Waals surface area (Å²) in [7, 11) is 1.57. The Balaban J connectivity index is 2.44. The monoisotopic (exact) mass is 335 g/mol. The number of ether oxygens (including phenoxy) is 4. The molecule has 0 N–H and O–H groups in total. The van der Waals surface area contributed by atoms with Crippen LogP contribution in [0.3, 0.4) is 0 Å². The summed E-state index contributed by atoms with van der Waals surface area (Å²) in [6, 6.07) is 7.07. The molecule has 0 radical (unpaired) electrons. The minimum absolute atomic E-state index is 0.000361. The number of rotatable bonds is 6. The van der Waals surface area contributed by atoms with Crippen molar-refractivity contribution in [3.8, 4) is 5.75 Å². The molecule has 130 valence electrons. The summed E-state index contributed by atoms with van der Waals surface area (Å²) in [5.41, 5.74) is 0.976. The van der Waals surface area contributed by atoms with Gasteiger partial charge in [-0.25, -0.2) is 9.59 Å². The maximum Gasteiger partial charge on any atom is 0.355 e. The summed E-state index contributed by atoms with van der Waals surface area (Å²) in [4.78, 5) is 26.2. The molecule has 7 heteroatoms. The van der Waals surface area contributed by atoms with Crippen molar-refractivity contribution in [1.29, 1.82) is 0 Å². The average Bonchev–Trinajstić information content (AvgIpc) is 2.61. The Kier molecular flexibility index (Phi) is 6.20. The predicted molar refractivity (Wildman–Crippen MR) is 86.6 cm³/mol. The highest BCUT2D eigenvalue weighted by molar-refractivity contribution is 6.03. The molecule has 0 fully saturated rings. The molecule has 0 bridgehead atoms. The van der Waals surface area contributed by atoms with E-state index in [1.54, 1.807) is 50.1 Å². The molecule has 0 aliphatic carbocycles. The molecule has 1 aliphatic rings. The van der Waals surface area contributed by atoms with Gasteiger partial charge in [-0.05, 0) is 38.1 Å². The Labute approximate surface area is 140 Å². The molecule has 0 unspecified atom stereocenters. The second kappa shape index (κ2) is 8.35. The lowest BCUT2D eigenvalue weighted by Gasteiger charge is -2.31. The highest BCUT2D eigenvalue weighted by Crippen LogP contribution is 2.28. The van der Waals surface area contributed by atoms with Crippen molar-refractivity contribution < 1.29 is 28.5 Å². The maximum absolute atomic E-state index is 12.4. The first-order chi connectivity index (χ1) is 11.6. The Morgan fingerprint density at radius 3 is 2.29 bits per heavy atom. The average molecular weight is 335 g/mol. The van der Waals surface area contributed by atoms with E-state index in [1.165, 1.54) is 0 Å². The summed E-state index contributed by atoms with van der Waals surface area (Å²) in [6.07, 6.45) is 0. The van der Waals surface area contributed by atoms with E-state index in [0.29, 0.717) is 11.4 Å². The zero-order valence-electron chi connectivity index (χ0n) is 14.0. The number of benzene rings is 1. The minimum Gasteiger partial charge on any atom is -0.497 e. The van der Waals surface area contributed by atoms with Gasteiger partial charge in [0.1, 0.15) is 18.2 Å². The van der Waals surface area contributed by atoms with Gasteiger partial charge in [0.05, 0.1) is 32.5 Å². The third kappa shape index (κ3) is 3.86. The van der Waals surface area contributed by atoms with Crippen LogP contribution in [-0.2, 0) is 23.8 Å². The first-order valence-corrected chi connectivity index (χ1v) is 7.69. The van der Waals surface area contributed by atoms with Gasteiger partial charge in [0.15, 0.2) is 0 Å². The van der Waals surface area contributed by atoms with Crippen molar-refractivity contribution in [3.05, 3.63) is 35.5 Å². The standard InChI is InChI=1S/C17H21NO6/c1-4-23-16(19)14-10-22-11-18(15(14)17(20)24-5-2)12-6-8-13(21-3)9-7-12/h6-9H,4-5,10-11H2,1-3H3. The molecule has 24 heavy (non-hydrogen) atoms. The van der Waals surface area contributed by atoms with Crippen molar-refractivity contribution in [3.63, 3.8) is 0 Å². The van der Waals surface area contributed by atoms with E-state index >= 15 is 0 Å². The number of nitrogens with zero attached hydrogens (tertiary/aromatic N) is 1. The maximum atomic E-state index is 12.4. The molecule has 2 rings (SSSR count). The zero-order chi connectivity index (χ0) is 17.5. The molecule has 1 aromatic carbocycles. The molecule has 0 saturated heterocycles. The molecule has 0 saturated carbocycles. The van der Waals surface area contributed by atoms with Crippen LogP contribution >= 0.6 is 0 Å². The minimum atomic E-state index is -0.584. The van der Waals surface area contributed by atoms with E-state index in [2.05, 4.69) is 0 Å². The molecular weight excluding hydrogens is 314 g/mol. The Bertz CT molecular complexity index is 622. The third-order valence-corrected chi connectivity index (χ3v) is 3.40. The van der Waals surface area contributed by atoms with Gasteiger partial charge < -0.3 is 23.8 Å². The molecule has 7 nitrogen and oxygen atoms in total. The van der Waals surface area contributed by atoms with E-state index in [0.717, 1.165) is 0 Å². The molecule has 0 atom stereocenters. The van der Waals surface area contributed by atoms with E-state index in [1.807, 2.05) is 0 Å². The summed E-state index contributed by atoms with van der Waals surface area (Å²) in [5, 5.41) is 0. The first-order valence-electron chi connectivity index (χ1n) is 7.69. The molecule has 0 amide bonds. The van der Waals surface area contributed by atoms with E-state index in [9.17, 15) is 9.59 Å². The van der Waals surface area contributed by atoms with Gasteiger partial charge in [-0.3, -0.25) is 0 Å². The number of methoxy groups -OCH3 is 1. The predicted octanol–water partition coefficient (Wildman–Crippen LogP) is 1.87. The van der Waals surface area contributed by atoms with E-state index in [4.69, 9.17) is 18.9 Å². The number of carbonyl (C=O) groups excluding carboxylic acids is 2. The highest BCUT2D eigenvalue weighted by atomic mass is 16.5. The normalized spacial score (nSPS) is 14.4. The van der Waals surface area contributed by atoms with Gasteiger partial charge in [-0.15, -0.1) is 0 Å². The van der Waals surface area contributed by atoms with Crippen LogP contribution in [0.25, 0.3) is 0 Å². The highest BCUT2D eigenvalue weighted by Gasteiger charge is 2.32. The Morgan fingerprint density at radius 1 is 1.08 bits per heavy atom. The molecule has 1 aromatic rings. The summed E-state index contributed by atoms with van der Waals surface area (Å²) >= 11 is 0. The van der Waals surface area contributed by atoms with Crippen molar-refractivity contribution in [1.82, 2.24) is 0 Å². The third-order valence-electron chi connectivity index (χ3n) is 3.40. The zero-order valence-corrected chi connectivity index (χ0v) is 14.0. The fourth-order valence-electron chi connectivity index (χ4n) is 2.31. The van der Waals surface area contributed by atoms with Gasteiger partial charge in [-0.1, -0.05) is 0 Å². The lowest BCUT2D eigenvalue weighted by molar-refractivity contribution is -0.143. The topological polar surface area (TPSA) is 74.3 Å². The van der Waals surface area contributed by atoms with Crippen LogP contribution < -0.4 is 9.64 Å². The second-order valence-electron chi connectivity index (χ2n) is 4.87. The lowest BCUT2D eigenvalue weighted by Crippen LogP contribution is -2.39. The van der Waals surface area contributed by atoms with Crippen LogP contribution in [0.15, 0.2) is 35.5 Å². The van der Waals surface area contributed by atoms with Gasteiger partial charge in [0.25, 0.3) is 0 Å². The van der Waals surface area contributed by atoms with Crippen LogP contribution in [0, 0.1) is 0 Å². The number of hydrogen-bond acceptors (Lipinski definition) is 7. The molecule has 1 heterocycles. The van der Waals surface area contributed by atoms with Crippen molar-refractivity contribution >= 4 is 17.6 Å². The van der Waals surface area contributed by atoms with E-state index < -0.39 is 11.9 Å². The fraction of sp³-hybridized carbons (Fsp3) is 0.412. The van der Waals surface area contributed by atoms with Gasteiger partial charge in [0.2, 0.25) is 0 Å². The summed E-state index contributed by atoms with van der Waals surface area (Å²) < 4.78 is 20.7. The Morgan fingerprint density at radius 2 is 1.71 bits per heavy atom. The van der Waals surface area contributed by atoms with Crippen molar-refractivity contribution in [2.24, 2.45) is 0 Å². The van der Waals surface area contributed by atoms with Crippen LogP contribution in [0.4, 0.5) is 5.69 Å². The molecule has 0 spiro atoms. The van der Waals surface area contributed by atoms with Crippen LogP contribution in [0.2, 0.25) is 0 Å². The first kappa shape index (κ1) is 17.8. The van der Waals surface area contributed by atoms with Crippen molar-refractivity contribution in [2.45, 2.75) is 13.8 Å². The summed E-state index contributed by atoms with van der Waals surface area (Å²) in [5.74, 6) is -0.484. The van der Waals surface area contributed by atoms with Gasteiger partial charge >= 0.3 is 11.9 Å². The Hall–Kier alpha value is -2.54. The largest absolute Gasteiger partial charge is 0.497 e. The number of anilines is 1. The number of esters is 2. The number of hydrogen-bond donors (Lipinski definition) is 0. The number of carbonyl (C=O) groups is 2. The van der Waals surface area contributed by atoms with Gasteiger partial charge in [-0.2, -0.15) is 0 Å². The van der Waals surface area contributed by atoms with Crippen LogP contribution in [-0.4, -0.2) is 45.6 Å². The SMILES string of the molecule is CCOC(=O)C1=C(C(=O)OCC)N(c2ccc(OC)cc2)COC1. The molecule has 1 aliphatic heterocycles. The van der Waals surface area contributed by atoms with Crippen molar-refractivity contribution in [2.75, 3.05) is 38.6 Å². The van der Waals surface area contributed by atoms with Crippen LogP contribution in [0.5, 0.6) is 5.75 Å².